The summed E-state index contributed by atoms with van der Waals surface area (Å²) in [7, 11) is 3.16. The Morgan fingerprint density at radius 1 is 1.00 bits per heavy atom. The van der Waals surface area contributed by atoms with Crippen LogP contribution in [-0.4, -0.2) is 25.2 Å². The van der Waals surface area contributed by atoms with E-state index in [1.165, 1.54) is 30.9 Å². The predicted octanol–water partition coefficient (Wildman–Crippen LogP) is 1.84. The van der Waals surface area contributed by atoms with Crippen LogP contribution in [0.3, 0.4) is 0 Å². The van der Waals surface area contributed by atoms with Crippen LogP contribution in [0.2, 0.25) is 0 Å². The first-order valence-corrected chi connectivity index (χ1v) is 8.43. The molecule has 0 spiro atoms. The van der Waals surface area contributed by atoms with E-state index < -0.39 is 0 Å². The number of aromatic nitrogens is 4. The molecular formula is C16H27N5O2. The van der Waals surface area contributed by atoms with Gasteiger partial charge in [-0.15, -0.1) is 0 Å². The molecule has 0 radical (unpaired) electrons. The van der Waals surface area contributed by atoms with Crippen molar-refractivity contribution in [2.75, 3.05) is 11.9 Å². The van der Waals surface area contributed by atoms with E-state index in [0.717, 1.165) is 24.0 Å². The molecule has 0 saturated carbocycles. The molecule has 0 bridgehead atoms. The number of unbranched alkanes of at least 4 members (excludes halogenated alkanes) is 3. The molecule has 0 aromatic carbocycles. The second kappa shape index (κ2) is 7.48. The number of nitrogens with one attached hydrogen (secondary N) is 1. The maximum absolute atomic E-state index is 12.5. The third-order valence-corrected chi connectivity index (χ3v) is 4.11. The molecule has 0 aliphatic rings. The lowest BCUT2D eigenvalue weighted by Crippen LogP contribution is -2.37. The van der Waals surface area contributed by atoms with Gasteiger partial charge in [0.2, 0.25) is 5.95 Å². The van der Waals surface area contributed by atoms with Crippen molar-refractivity contribution in [2.24, 2.45) is 14.1 Å². The molecule has 128 valence electrons. The van der Waals surface area contributed by atoms with Gasteiger partial charge >= 0.3 is 5.69 Å². The normalized spacial score (nSPS) is 11.3. The molecule has 0 unspecified atom stereocenters. The van der Waals surface area contributed by atoms with E-state index in [1.807, 2.05) is 4.57 Å². The molecule has 23 heavy (non-hydrogen) atoms. The standard InChI is InChI=1S/C16H27N5O2/c1-5-7-8-9-10-17-15-18-13-12(21(15)11-6-2)14(22)20(4)16(23)19(13)3/h5-11H2,1-4H3,(H,17,18). The third-order valence-electron chi connectivity index (χ3n) is 4.11. The summed E-state index contributed by atoms with van der Waals surface area (Å²) in [5, 5.41) is 3.33. The topological polar surface area (TPSA) is 73.8 Å². The first-order valence-electron chi connectivity index (χ1n) is 8.43. The number of rotatable bonds is 8. The molecule has 7 heteroatoms. The van der Waals surface area contributed by atoms with Crippen LogP contribution in [0, 0.1) is 0 Å². The Morgan fingerprint density at radius 3 is 2.39 bits per heavy atom. The average molecular weight is 321 g/mol. The van der Waals surface area contributed by atoms with Crippen molar-refractivity contribution in [2.45, 2.75) is 52.5 Å². The van der Waals surface area contributed by atoms with Crippen LogP contribution in [0.5, 0.6) is 0 Å². The van der Waals surface area contributed by atoms with Gasteiger partial charge in [-0.1, -0.05) is 33.1 Å². The summed E-state index contributed by atoms with van der Waals surface area (Å²) in [5.74, 6) is 0.677. The van der Waals surface area contributed by atoms with Crippen LogP contribution in [0.25, 0.3) is 11.2 Å². The van der Waals surface area contributed by atoms with Crippen molar-refractivity contribution in [3.05, 3.63) is 20.8 Å². The van der Waals surface area contributed by atoms with Crippen molar-refractivity contribution >= 4 is 17.1 Å². The first-order chi connectivity index (χ1) is 11.0. The molecule has 0 saturated heterocycles. The Balaban J connectivity index is 2.43. The summed E-state index contributed by atoms with van der Waals surface area (Å²) < 4.78 is 4.48. The van der Waals surface area contributed by atoms with Crippen LogP contribution in [0.1, 0.15) is 46.0 Å². The first kappa shape index (κ1) is 17.3. The van der Waals surface area contributed by atoms with Crippen molar-refractivity contribution in [3.63, 3.8) is 0 Å². The summed E-state index contributed by atoms with van der Waals surface area (Å²) in [6, 6.07) is 0. The van der Waals surface area contributed by atoms with E-state index in [9.17, 15) is 9.59 Å². The minimum Gasteiger partial charge on any atom is -0.356 e. The highest BCUT2D eigenvalue weighted by atomic mass is 16.2. The molecule has 0 fully saturated rings. The van der Waals surface area contributed by atoms with Crippen molar-refractivity contribution in [1.29, 1.82) is 0 Å². The molecule has 2 heterocycles. The number of fused-ring (bicyclic) bond motifs is 1. The molecular weight excluding hydrogens is 294 g/mol. The number of aryl methyl sites for hydroxylation is 2. The summed E-state index contributed by atoms with van der Waals surface area (Å²) in [6.45, 7) is 5.76. The van der Waals surface area contributed by atoms with Crippen LogP contribution < -0.4 is 16.6 Å². The van der Waals surface area contributed by atoms with Gasteiger partial charge < -0.3 is 9.88 Å². The lowest BCUT2D eigenvalue weighted by atomic mass is 10.2. The molecule has 0 aliphatic carbocycles. The summed E-state index contributed by atoms with van der Waals surface area (Å²) in [4.78, 5) is 29.1. The molecule has 2 rings (SSSR count). The zero-order valence-electron chi connectivity index (χ0n) is 14.6. The molecule has 2 aromatic rings. The van der Waals surface area contributed by atoms with E-state index in [1.54, 1.807) is 7.05 Å². The van der Waals surface area contributed by atoms with E-state index in [4.69, 9.17) is 0 Å². The SMILES string of the molecule is CCCCCCNc1nc2c(c(=O)n(C)c(=O)n2C)n1CCC. The predicted molar refractivity (Wildman–Crippen MR) is 93.1 cm³/mol. The van der Waals surface area contributed by atoms with Gasteiger partial charge in [0.25, 0.3) is 5.56 Å². The molecule has 2 aromatic heterocycles. The Hall–Kier alpha value is -2.05. The number of nitrogens with zero attached hydrogens (tertiary/aromatic N) is 4. The van der Waals surface area contributed by atoms with Crippen molar-refractivity contribution < 1.29 is 0 Å². The fourth-order valence-corrected chi connectivity index (χ4v) is 2.77. The maximum atomic E-state index is 12.5. The Morgan fingerprint density at radius 2 is 1.74 bits per heavy atom. The zero-order chi connectivity index (χ0) is 17.0. The molecule has 0 atom stereocenters. The fourth-order valence-electron chi connectivity index (χ4n) is 2.77. The summed E-state index contributed by atoms with van der Waals surface area (Å²) >= 11 is 0. The molecule has 7 nitrogen and oxygen atoms in total. The largest absolute Gasteiger partial charge is 0.356 e. The van der Waals surface area contributed by atoms with Crippen LogP contribution in [0.4, 0.5) is 5.95 Å². The van der Waals surface area contributed by atoms with Gasteiger partial charge in [-0.3, -0.25) is 13.9 Å². The summed E-state index contributed by atoms with van der Waals surface area (Å²) in [5.41, 5.74) is 0.302. The highest BCUT2D eigenvalue weighted by molar-refractivity contribution is 5.74. The monoisotopic (exact) mass is 321 g/mol. The molecule has 0 aliphatic heterocycles. The summed E-state index contributed by atoms with van der Waals surface area (Å²) in [6.07, 6.45) is 5.56. The molecule has 0 amide bonds. The van der Waals surface area contributed by atoms with Gasteiger partial charge in [0.1, 0.15) is 0 Å². The van der Waals surface area contributed by atoms with Gasteiger partial charge in [-0.2, -0.15) is 4.98 Å². The van der Waals surface area contributed by atoms with Crippen LogP contribution in [0.15, 0.2) is 9.59 Å². The van der Waals surface area contributed by atoms with E-state index in [0.29, 0.717) is 23.7 Å². The Labute approximate surface area is 135 Å². The second-order valence-corrected chi connectivity index (χ2v) is 5.95. The van der Waals surface area contributed by atoms with Gasteiger partial charge in [0.05, 0.1) is 0 Å². The number of hydrogen-bond donors (Lipinski definition) is 1. The maximum Gasteiger partial charge on any atom is 0.332 e. The minimum absolute atomic E-state index is 0.289. The van der Waals surface area contributed by atoms with E-state index >= 15 is 0 Å². The van der Waals surface area contributed by atoms with E-state index in [-0.39, 0.29) is 11.2 Å². The zero-order valence-corrected chi connectivity index (χ0v) is 14.6. The minimum atomic E-state index is -0.349. The van der Waals surface area contributed by atoms with Crippen LogP contribution in [-0.2, 0) is 20.6 Å². The lowest BCUT2D eigenvalue weighted by molar-refractivity contribution is 0.665. The highest BCUT2D eigenvalue weighted by Gasteiger charge is 2.18. The molecule has 1 N–H and O–H groups in total. The van der Waals surface area contributed by atoms with Gasteiger partial charge in [0, 0.05) is 27.2 Å². The van der Waals surface area contributed by atoms with Gasteiger partial charge in [0.15, 0.2) is 11.2 Å². The number of anilines is 1. The van der Waals surface area contributed by atoms with Crippen molar-refractivity contribution in [3.8, 4) is 0 Å². The van der Waals surface area contributed by atoms with Crippen molar-refractivity contribution in [1.82, 2.24) is 18.7 Å². The van der Waals surface area contributed by atoms with Gasteiger partial charge in [-0.05, 0) is 12.8 Å². The highest BCUT2D eigenvalue weighted by Crippen LogP contribution is 2.16. The third kappa shape index (κ3) is 3.33. The Kier molecular flexibility index (Phi) is 5.63. The second-order valence-electron chi connectivity index (χ2n) is 5.95. The van der Waals surface area contributed by atoms with Gasteiger partial charge in [-0.25, -0.2) is 4.79 Å². The fraction of sp³-hybridized carbons (Fsp3) is 0.688. The Bertz CT molecular complexity index is 784. The quantitative estimate of drug-likeness (QED) is 0.753. The lowest BCUT2D eigenvalue weighted by Gasteiger charge is -2.09. The smallest absolute Gasteiger partial charge is 0.332 e. The average Bonchev–Trinajstić information content (AvgIpc) is 2.90. The number of imidazole rings is 1. The van der Waals surface area contributed by atoms with Crippen LogP contribution >= 0.6 is 0 Å². The number of hydrogen-bond acceptors (Lipinski definition) is 4. The van der Waals surface area contributed by atoms with E-state index in [2.05, 4.69) is 24.1 Å².